The van der Waals surface area contributed by atoms with Crippen molar-refractivity contribution < 1.29 is 4.74 Å². The van der Waals surface area contributed by atoms with Crippen molar-refractivity contribution in [1.82, 2.24) is 5.32 Å². The van der Waals surface area contributed by atoms with Crippen molar-refractivity contribution in [1.29, 1.82) is 0 Å². The summed E-state index contributed by atoms with van der Waals surface area (Å²) in [5, 5.41) is 3.55. The van der Waals surface area contributed by atoms with Crippen LogP contribution in [0.1, 0.15) is 52.9 Å². The Morgan fingerprint density at radius 3 is 2.47 bits per heavy atom. The van der Waals surface area contributed by atoms with Crippen LogP contribution in [0.15, 0.2) is 0 Å². The Hall–Kier alpha value is -0.0800. The molecular formula is C13H25NO. The standard InChI is InChI=1S/C13H25NO/c1-4-14-11-9-12(13(11,2)3)15-10-7-5-6-8-10/h10-12,14H,4-9H2,1-3H3. The van der Waals surface area contributed by atoms with Crippen molar-refractivity contribution >= 4 is 0 Å². The van der Waals surface area contributed by atoms with Crippen LogP contribution in [0.4, 0.5) is 0 Å². The first-order chi connectivity index (χ1) is 7.14. The molecule has 88 valence electrons. The Balaban J connectivity index is 1.80. The summed E-state index contributed by atoms with van der Waals surface area (Å²) in [7, 11) is 0. The average Bonchev–Trinajstić information content (AvgIpc) is 2.69. The molecule has 1 N–H and O–H groups in total. The molecule has 2 unspecified atom stereocenters. The fourth-order valence-electron chi connectivity index (χ4n) is 2.97. The number of hydrogen-bond donors (Lipinski definition) is 1. The molecule has 0 aliphatic heterocycles. The van der Waals surface area contributed by atoms with Crippen LogP contribution in [0.25, 0.3) is 0 Å². The van der Waals surface area contributed by atoms with Crippen LogP contribution in [0.3, 0.4) is 0 Å². The molecule has 0 heterocycles. The number of hydrogen-bond acceptors (Lipinski definition) is 2. The van der Waals surface area contributed by atoms with Crippen molar-refractivity contribution in [3.8, 4) is 0 Å². The van der Waals surface area contributed by atoms with E-state index in [0.717, 1.165) is 6.54 Å². The highest BCUT2D eigenvalue weighted by Gasteiger charge is 2.49. The molecule has 0 bridgehead atoms. The van der Waals surface area contributed by atoms with Gasteiger partial charge in [0.05, 0.1) is 12.2 Å². The summed E-state index contributed by atoms with van der Waals surface area (Å²) in [6, 6.07) is 0.661. The lowest BCUT2D eigenvalue weighted by atomic mass is 9.64. The summed E-state index contributed by atoms with van der Waals surface area (Å²) < 4.78 is 6.20. The van der Waals surface area contributed by atoms with Gasteiger partial charge >= 0.3 is 0 Å². The number of rotatable bonds is 4. The van der Waals surface area contributed by atoms with Gasteiger partial charge in [-0.05, 0) is 25.8 Å². The molecule has 0 aromatic carbocycles. The topological polar surface area (TPSA) is 21.3 Å². The smallest absolute Gasteiger partial charge is 0.0659 e. The average molecular weight is 211 g/mol. The molecule has 0 aromatic heterocycles. The fourth-order valence-corrected chi connectivity index (χ4v) is 2.97. The monoisotopic (exact) mass is 211 g/mol. The maximum atomic E-state index is 6.20. The van der Waals surface area contributed by atoms with E-state index in [1.54, 1.807) is 0 Å². The maximum Gasteiger partial charge on any atom is 0.0659 e. The molecule has 2 nitrogen and oxygen atoms in total. The van der Waals surface area contributed by atoms with E-state index in [9.17, 15) is 0 Å². The maximum absolute atomic E-state index is 6.20. The van der Waals surface area contributed by atoms with Gasteiger partial charge in [-0.3, -0.25) is 0 Å². The predicted molar refractivity (Wildman–Crippen MR) is 63.0 cm³/mol. The van der Waals surface area contributed by atoms with Crippen LogP contribution >= 0.6 is 0 Å². The lowest BCUT2D eigenvalue weighted by Gasteiger charge is -2.52. The van der Waals surface area contributed by atoms with E-state index in [0.29, 0.717) is 23.7 Å². The van der Waals surface area contributed by atoms with Gasteiger partial charge in [0, 0.05) is 11.5 Å². The Kier molecular flexibility index (Phi) is 3.36. The van der Waals surface area contributed by atoms with E-state index in [1.807, 2.05) is 0 Å². The van der Waals surface area contributed by atoms with Crippen LogP contribution in [0.2, 0.25) is 0 Å². The van der Waals surface area contributed by atoms with Crippen molar-refractivity contribution in [3.05, 3.63) is 0 Å². The van der Waals surface area contributed by atoms with Crippen molar-refractivity contribution in [2.24, 2.45) is 5.41 Å². The van der Waals surface area contributed by atoms with Gasteiger partial charge in [0.25, 0.3) is 0 Å². The third-order valence-corrected chi connectivity index (χ3v) is 4.29. The molecule has 2 heteroatoms. The molecule has 0 amide bonds. The highest BCUT2D eigenvalue weighted by molar-refractivity contribution is 5.03. The summed E-state index contributed by atoms with van der Waals surface area (Å²) in [6.07, 6.45) is 7.58. The molecule has 2 aliphatic rings. The minimum absolute atomic E-state index is 0.332. The molecule has 2 saturated carbocycles. The molecule has 0 aromatic rings. The molecule has 0 spiro atoms. The predicted octanol–water partition coefficient (Wildman–Crippen LogP) is 2.72. The zero-order valence-electron chi connectivity index (χ0n) is 10.4. The van der Waals surface area contributed by atoms with E-state index in [1.165, 1.54) is 32.1 Å². The molecular weight excluding hydrogens is 186 g/mol. The third-order valence-electron chi connectivity index (χ3n) is 4.29. The van der Waals surface area contributed by atoms with Crippen molar-refractivity contribution in [2.45, 2.75) is 71.1 Å². The van der Waals surface area contributed by atoms with Gasteiger partial charge in [-0.15, -0.1) is 0 Å². The van der Waals surface area contributed by atoms with Crippen LogP contribution in [-0.2, 0) is 4.74 Å². The zero-order valence-corrected chi connectivity index (χ0v) is 10.4. The van der Waals surface area contributed by atoms with Gasteiger partial charge in [0.2, 0.25) is 0 Å². The fraction of sp³-hybridized carbons (Fsp3) is 1.00. The van der Waals surface area contributed by atoms with E-state index in [4.69, 9.17) is 4.74 Å². The minimum Gasteiger partial charge on any atom is -0.374 e. The third kappa shape index (κ3) is 2.21. The second kappa shape index (κ2) is 4.42. The SMILES string of the molecule is CCNC1CC(OC2CCCC2)C1(C)C. The van der Waals surface area contributed by atoms with Gasteiger partial charge in [0.15, 0.2) is 0 Å². The number of nitrogens with one attached hydrogen (secondary N) is 1. The first kappa shape index (κ1) is 11.4. The Morgan fingerprint density at radius 2 is 1.93 bits per heavy atom. The lowest BCUT2D eigenvalue weighted by molar-refractivity contribution is -0.145. The van der Waals surface area contributed by atoms with Gasteiger partial charge in [-0.2, -0.15) is 0 Å². The second-order valence-corrected chi connectivity index (χ2v) is 5.70. The van der Waals surface area contributed by atoms with E-state index < -0.39 is 0 Å². The quantitative estimate of drug-likeness (QED) is 0.772. The van der Waals surface area contributed by atoms with Crippen LogP contribution < -0.4 is 5.32 Å². The van der Waals surface area contributed by atoms with Crippen LogP contribution in [0, 0.1) is 5.41 Å². The van der Waals surface area contributed by atoms with Crippen molar-refractivity contribution in [2.75, 3.05) is 6.54 Å². The molecule has 0 saturated heterocycles. The molecule has 2 aliphatic carbocycles. The first-order valence-corrected chi connectivity index (χ1v) is 6.53. The normalized spacial score (nSPS) is 35.4. The highest BCUT2D eigenvalue weighted by Crippen LogP contribution is 2.44. The van der Waals surface area contributed by atoms with E-state index in [-0.39, 0.29) is 0 Å². The summed E-state index contributed by atoms with van der Waals surface area (Å²) in [4.78, 5) is 0. The Bertz CT molecular complexity index is 209. The zero-order chi connectivity index (χ0) is 10.9. The van der Waals surface area contributed by atoms with Gasteiger partial charge in [0.1, 0.15) is 0 Å². The molecule has 15 heavy (non-hydrogen) atoms. The van der Waals surface area contributed by atoms with E-state index in [2.05, 4.69) is 26.1 Å². The summed E-state index contributed by atoms with van der Waals surface area (Å²) in [5.41, 5.74) is 0.332. The van der Waals surface area contributed by atoms with Gasteiger partial charge in [-0.1, -0.05) is 33.6 Å². The van der Waals surface area contributed by atoms with Crippen LogP contribution in [0.5, 0.6) is 0 Å². The van der Waals surface area contributed by atoms with E-state index >= 15 is 0 Å². The first-order valence-electron chi connectivity index (χ1n) is 6.53. The summed E-state index contributed by atoms with van der Waals surface area (Å²) >= 11 is 0. The summed E-state index contributed by atoms with van der Waals surface area (Å²) in [6.45, 7) is 7.93. The van der Waals surface area contributed by atoms with Crippen LogP contribution in [-0.4, -0.2) is 24.8 Å². The minimum atomic E-state index is 0.332. The summed E-state index contributed by atoms with van der Waals surface area (Å²) in [5.74, 6) is 0. The second-order valence-electron chi connectivity index (χ2n) is 5.70. The Labute approximate surface area is 93.8 Å². The molecule has 0 radical (unpaired) electrons. The van der Waals surface area contributed by atoms with Gasteiger partial charge < -0.3 is 10.1 Å². The number of ether oxygens (including phenoxy) is 1. The lowest BCUT2D eigenvalue weighted by Crippen LogP contribution is -2.61. The largest absolute Gasteiger partial charge is 0.374 e. The van der Waals surface area contributed by atoms with Crippen molar-refractivity contribution in [3.63, 3.8) is 0 Å². The molecule has 2 fully saturated rings. The Morgan fingerprint density at radius 1 is 1.27 bits per heavy atom. The molecule has 2 atom stereocenters. The van der Waals surface area contributed by atoms with Gasteiger partial charge in [-0.25, -0.2) is 0 Å². The highest BCUT2D eigenvalue weighted by atomic mass is 16.5. The molecule has 2 rings (SSSR count).